The lowest BCUT2D eigenvalue weighted by Gasteiger charge is -2.31. The molecule has 7 N–H and O–H groups in total. The molecule has 2 amide bonds. The second kappa shape index (κ2) is 6.31. The fourth-order valence-corrected chi connectivity index (χ4v) is 3.60. The molecule has 0 aromatic carbocycles. The molecule has 7 nitrogen and oxygen atoms in total. The van der Waals surface area contributed by atoms with Gasteiger partial charge in [0, 0.05) is 25.7 Å². The fraction of sp³-hybridized carbons (Fsp3) is 0.538. The molecule has 2 heterocycles. The Kier molecular flexibility index (Phi) is 4.69. The van der Waals surface area contributed by atoms with Gasteiger partial charge in [0.1, 0.15) is 9.88 Å². The molecule has 21 heavy (non-hydrogen) atoms. The minimum atomic E-state index is -0.607. The van der Waals surface area contributed by atoms with Crippen LogP contribution in [0.5, 0.6) is 0 Å². The zero-order valence-corrected chi connectivity index (χ0v) is 12.8. The Morgan fingerprint density at radius 3 is 2.52 bits per heavy atom. The molecule has 0 bridgehead atoms. The van der Waals surface area contributed by atoms with E-state index in [0.29, 0.717) is 16.4 Å². The van der Waals surface area contributed by atoms with Gasteiger partial charge in [0.15, 0.2) is 0 Å². The van der Waals surface area contributed by atoms with Gasteiger partial charge in [-0.1, -0.05) is 0 Å². The first-order valence-electron chi connectivity index (χ1n) is 6.96. The Morgan fingerprint density at radius 1 is 1.38 bits per heavy atom. The highest BCUT2D eigenvalue weighted by Gasteiger charge is 2.28. The van der Waals surface area contributed by atoms with E-state index in [-0.39, 0.29) is 23.2 Å². The molecule has 0 saturated carbocycles. The van der Waals surface area contributed by atoms with Crippen LogP contribution in [-0.2, 0) is 0 Å². The predicted octanol–water partition coefficient (Wildman–Crippen LogP) is 0.106. The van der Waals surface area contributed by atoms with Crippen molar-refractivity contribution in [1.82, 2.24) is 5.32 Å². The van der Waals surface area contributed by atoms with E-state index in [1.54, 1.807) is 0 Å². The third-order valence-electron chi connectivity index (χ3n) is 3.54. The third-order valence-corrected chi connectivity index (χ3v) is 4.81. The largest absolute Gasteiger partial charge is 0.397 e. The van der Waals surface area contributed by atoms with Crippen LogP contribution in [0.25, 0.3) is 0 Å². The van der Waals surface area contributed by atoms with Crippen LogP contribution in [0.2, 0.25) is 0 Å². The molecule has 1 aromatic rings. The molecular weight excluding hydrogens is 290 g/mol. The highest BCUT2D eigenvalue weighted by molar-refractivity contribution is 7.19. The molecule has 1 aromatic heterocycles. The number of thiophene rings is 1. The predicted molar refractivity (Wildman–Crippen MR) is 84.7 cm³/mol. The summed E-state index contributed by atoms with van der Waals surface area (Å²) in [6.45, 7) is 3.78. The van der Waals surface area contributed by atoms with E-state index in [2.05, 4.69) is 5.32 Å². The maximum atomic E-state index is 12.0. The molecule has 1 fully saturated rings. The van der Waals surface area contributed by atoms with Crippen LogP contribution in [0.3, 0.4) is 0 Å². The van der Waals surface area contributed by atoms with E-state index >= 15 is 0 Å². The van der Waals surface area contributed by atoms with Gasteiger partial charge in [0.2, 0.25) is 0 Å². The second-order valence-corrected chi connectivity index (χ2v) is 6.07. The number of nitrogens with two attached hydrogens (primary N) is 3. The number of carbonyl (C=O) groups is 2. The van der Waals surface area contributed by atoms with Crippen molar-refractivity contribution in [2.75, 3.05) is 30.3 Å². The van der Waals surface area contributed by atoms with E-state index in [4.69, 9.17) is 17.2 Å². The number of rotatable bonds is 4. The lowest BCUT2D eigenvalue weighted by molar-refractivity contribution is 0.0960. The summed E-state index contributed by atoms with van der Waals surface area (Å²) in [5.74, 6) is -0.883. The molecule has 8 heteroatoms. The van der Waals surface area contributed by atoms with Crippen molar-refractivity contribution in [3.8, 4) is 0 Å². The number of piperidine rings is 1. The number of carbonyl (C=O) groups excluding carboxylic acids is 2. The summed E-state index contributed by atoms with van der Waals surface area (Å²) in [5, 5.41) is 3.37. The Balaban J connectivity index is 2.38. The number of hydrogen-bond acceptors (Lipinski definition) is 6. The van der Waals surface area contributed by atoms with Crippen molar-refractivity contribution in [3.05, 3.63) is 10.4 Å². The summed E-state index contributed by atoms with van der Waals surface area (Å²) in [6.07, 6.45) is 1.68. The number of amides is 2. The zero-order valence-electron chi connectivity index (χ0n) is 12.0. The van der Waals surface area contributed by atoms with Gasteiger partial charge in [0.05, 0.1) is 11.3 Å². The van der Waals surface area contributed by atoms with Gasteiger partial charge >= 0.3 is 0 Å². The normalized spacial score (nSPS) is 16.0. The van der Waals surface area contributed by atoms with Crippen LogP contribution in [0.1, 0.15) is 39.8 Å². The third kappa shape index (κ3) is 3.11. The quantitative estimate of drug-likeness (QED) is 0.627. The van der Waals surface area contributed by atoms with Crippen LogP contribution >= 0.6 is 11.3 Å². The summed E-state index contributed by atoms with van der Waals surface area (Å²) < 4.78 is 0. The van der Waals surface area contributed by atoms with Crippen LogP contribution in [0.4, 0.5) is 10.7 Å². The molecule has 0 aliphatic carbocycles. The molecule has 1 saturated heterocycles. The average molecular weight is 311 g/mol. The van der Waals surface area contributed by atoms with Gasteiger partial charge in [-0.3, -0.25) is 9.59 Å². The fourth-order valence-electron chi connectivity index (χ4n) is 2.40. The second-order valence-electron chi connectivity index (χ2n) is 5.07. The van der Waals surface area contributed by atoms with Crippen LogP contribution < -0.4 is 27.4 Å². The Bertz CT molecular complexity index is 549. The molecular formula is C13H21N5O2S. The molecule has 0 spiro atoms. The average Bonchev–Trinajstić information content (AvgIpc) is 2.77. The number of hydrogen-bond donors (Lipinski definition) is 4. The zero-order chi connectivity index (χ0) is 15.6. The number of primary amides is 1. The maximum absolute atomic E-state index is 12.0. The molecule has 0 atom stereocenters. The monoisotopic (exact) mass is 311 g/mol. The van der Waals surface area contributed by atoms with Gasteiger partial charge in [-0.05, 0) is 19.8 Å². The standard InChI is InChI=1S/C13H21N5O2S/c1-2-17-12(20)10-9(15)8(11(16)19)13(21-10)18-5-3-7(14)4-6-18/h7H,2-6,14-15H2,1H3,(H2,16,19)(H,17,20). The number of nitrogen functional groups attached to an aromatic ring is 1. The van der Waals surface area contributed by atoms with Crippen molar-refractivity contribution in [2.45, 2.75) is 25.8 Å². The summed E-state index contributed by atoms with van der Waals surface area (Å²) in [4.78, 5) is 26.1. The maximum Gasteiger partial charge on any atom is 0.263 e. The number of anilines is 2. The smallest absolute Gasteiger partial charge is 0.263 e. The highest BCUT2D eigenvalue weighted by Crippen LogP contribution is 2.39. The molecule has 1 aliphatic heterocycles. The first kappa shape index (κ1) is 15.6. The highest BCUT2D eigenvalue weighted by atomic mass is 32.1. The van der Waals surface area contributed by atoms with E-state index in [0.717, 1.165) is 25.9 Å². The van der Waals surface area contributed by atoms with E-state index < -0.39 is 5.91 Å². The van der Waals surface area contributed by atoms with Crippen LogP contribution in [0, 0.1) is 0 Å². The van der Waals surface area contributed by atoms with Gasteiger partial charge in [-0.15, -0.1) is 11.3 Å². The molecule has 2 rings (SSSR count). The molecule has 0 radical (unpaired) electrons. The Labute approximate surface area is 127 Å². The van der Waals surface area contributed by atoms with Gasteiger partial charge in [-0.25, -0.2) is 0 Å². The summed E-state index contributed by atoms with van der Waals surface area (Å²) in [6, 6.07) is 0.179. The van der Waals surface area contributed by atoms with Crippen molar-refractivity contribution >= 4 is 33.8 Å². The summed E-state index contributed by atoms with van der Waals surface area (Å²) in [7, 11) is 0. The number of nitrogens with one attached hydrogen (secondary N) is 1. The van der Waals surface area contributed by atoms with Crippen molar-refractivity contribution in [1.29, 1.82) is 0 Å². The van der Waals surface area contributed by atoms with Crippen molar-refractivity contribution in [3.63, 3.8) is 0 Å². The lowest BCUT2D eigenvalue weighted by Crippen LogP contribution is -2.40. The first-order chi connectivity index (χ1) is 9.95. The minimum Gasteiger partial charge on any atom is -0.397 e. The summed E-state index contributed by atoms with van der Waals surface area (Å²) >= 11 is 1.22. The van der Waals surface area contributed by atoms with E-state index in [9.17, 15) is 9.59 Å². The lowest BCUT2D eigenvalue weighted by atomic mass is 10.1. The van der Waals surface area contributed by atoms with Gasteiger partial charge < -0.3 is 27.4 Å². The summed E-state index contributed by atoms with van der Waals surface area (Å²) in [5.41, 5.74) is 17.7. The Hall–Kier alpha value is -1.80. The Morgan fingerprint density at radius 2 is 2.00 bits per heavy atom. The minimum absolute atomic E-state index is 0.170. The van der Waals surface area contributed by atoms with Gasteiger partial charge in [0.25, 0.3) is 11.8 Å². The molecule has 0 unspecified atom stereocenters. The van der Waals surface area contributed by atoms with Crippen molar-refractivity contribution in [2.24, 2.45) is 11.5 Å². The van der Waals surface area contributed by atoms with Crippen LogP contribution in [0.15, 0.2) is 0 Å². The van der Waals surface area contributed by atoms with Crippen LogP contribution in [-0.4, -0.2) is 37.5 Å². The SMILES string of the molecule is CCNC(=O)c1sc(N2CCC(N)CC2)c(C(N)=O)c1N. The van der Waals surface area contributed by atoms with E-state index in [1.165, 1.54) is 11.3 Å². The molecule has 1 aliphatic rings. The topological polar surface area (TPSA) is 127 Å². The number of nitrogens with zero attached hydrogens (tertiary/aromatic N) is 1. The molecule has 116 valence electrons. The van der Waals surface area contributed by atoms with E-state index in [1.807, 2.05) is 11.8 Å². The first-order valence-corrected chi connectivity index (χ1v) is 7.78. The van der Waals surface area contributed by atoms with Crippen molar-refractivity contribution < 1.29 is 9.59 Å². The van der Waals surface area contributed by atoms with Gasteiger partial charge in [-0.2, -0.15) is 0 Å².